The van der Waals surface area contributed by atoms with Gasteiger partial charge in [0.1, 0.15) is 17.8 Å². The molecule has 0 aliphatic carbocycles. The smallest absolute Gasteiger partial charge is 0.349 e. The van der Waals surface area contributed by atoms with Crippen LogP contribution in [0, 0.1) is 0 Å². The van der Waals surface area contributed by atoms with Crippen LogP contribution in [0.3, 0.4) is 0 Å². The van der Waals surface area contributed by atoms with Crippen molar-refractivity contribution in [2.75, 3.05) is 6.61 Å². The van der Waals surface area contributed by atoms with Gasteiger partial charge >= 0.3 is 5.97 Å². The standard InChI is InChI=1S/C18H16N4O4/c1-2-17(23)13-3-7-15(8-4-13)25-11-18(24)26-16-9-5-14(6-10-16)22-12-19-20-21-22/h3-10,12H,2,11H2,1H3. The molecule has 26 heavy (non-hydrogen) atoms. The van der Waals surface area contributed by atoms with E-state index < -0.39 is 5.97 Å². The fourth-order valence-corrected chi connectivity index (χ4v) is 2.19. The molecule has 0 unspecified atom stereocenters. The maximum absolute atomic E-state index is 11.9. The Hall–Kier alpha value is -3.55. The van der Waals surface area contributed by atoms with Crippen LogP contribution in [-0.2, 0) is 4.79 Å². The number of benzene rings is 2. The summed E-state index contributed by atoms with van der Waals surface area (Å²) in [6.07, 6.45) is 1.91. The van der Waals surface area contributed by atoms with Crippen LogP contribution in [0.5, 0.6) is 11.5 Å². The van der Waals surface area contributed by atoms with E-state index in [0.717, 1.165) is 5.69 Å². The third-order valence-corrected chi connectivity index (χ3v) is 3.54. The van der Waals surface area contributed by atoms with Gasteiger partial charge in [0.05, 0.1) is 5.69 Å². The van der Waals surface area contributed by atoms with Crippen LogP contribution in [0.15, 0.2) is 54.9 Å². The molecule has 3 rings (SSSR count). The van der Waals surface area contributed by atoms with Gasteiger partial charge in [0.2, 0.25) is 0 Å². The summed E-state index contributed by atoms with van der Waals surface area (Å²) < 4.78 is 12.1. The Morgan fingerprint density at radius 1 is 1.00 bits per heavy atom. The van der Waals surface area contributed by atoms with E-state index in [9.17, 15) is 9.59 Å². The van der Waals surface area contributed by atoms with E-state index in [1.807, 2.05) is 0 Å². The zero-order valence-corrected chi connectivity index (χ0v) is 14.0. The summed E-state index contributed by atoms with van der Waals surface area (Å²) in [6, 6.07) is 13.4. The van der Waals surface area contributed by atoms with Crippen molar-refractivity contribution in [3.63, 3.8) is 0 Å². The average Bonchev–Trinajstić information content (AvgIpc) is 3.21. The third kappa shape index (κ3) is 4.29. The van der Waals surface area contributed by atoms with Crippen LogP contribution < -0.4 is 9.47 Å². The van der Waals surface area contributed by atoms with Gasteiger partial charge < -0.3 is 9.47 Å². The molecule has 0 amide bonds. The zero-order valence-electron chi connectivity index (χ0n) is 14.0. The zero-order chi connectivity index (χ0) is 18.4. The van der Waals surface area contributed by atoms with Crippen LogP contribution >= 0.6 is 0 Å². The summed E-state index contributed by atoms with van der Waals surface area (Å²) in [4.78, 5) is 23.4. The molecule has 0 N–H and O–H groups in total. The number of aromatic nitrogens is 4. The Kier molecular flexibility index (Phi) is 5.33. The number of tetrazole rings is 1. The Bertz CT molecular complexity index is 875. The molecular weight excluding hydrogens is 336 g/mol. The predicted molar refractivity (Wildman–Crippen MR) is 91.3 cm³/mol. The van der Waals surface area contributed by atoms with Crippen molar-refractivity contribution in [2.45, 2.75) is 13.3 Å². The monoisotopic (exact) mass is 352 g/mol. The summed E-state index contributed by atoms with van der Waals surface area (Å²) in [5, 5.41) is 10.9. The molecule has 3 aromatic rings. The highest BCUT2D eigenvalue weighted by Gasteiger charge is 2.08. The van der Waals surface area contributed by atoms with Crippen molar-refractivity contribution in [1.29, 1.82) is 0 Å². The Balaban J connectivity index is 1.51. The van der Waals surface area contributed by atoms with E-state index in [4.69, 9.17) is 9.47 Å². The normalized spacial score (nSPS) is 10.3. The molecule has 0 aliphatic heterocycles. The molecule has 8 heteroatoms. The molecular formula is C18H16N4O4. The van der Waals surface area contributed by atoms with Gasteiger partial charge in [0.15, 0.2) is 12.4 Å². The van der Waals surface area contributed by atoms with E-state index in [-0.39, 0.29) is 12.4 Å². The Morgan fingerprint density at radius 3 is 2.31 bits per heavy atom. The summed E-state index contributed by atoms with van der Waals surface area (Å²) in [6.45, 7) is 1.56. The number of rotatable bonds is 7. The van der Waals surface area contributed by atoms with E-state index in [0.29, 0.717) is 23.5 Å². The fourth-order valence-electron chi connectivity index (χ4n) is 2.19. The number of carbonyl (C=O) groups excluding carboxylic acids is 2. The summed E-state index contributed by atoms with van der Waals surface area (Å²) in [5.74, 6) is 0.401. The number of ketones is 1. The first kappa shape index (κ1) is 17.3. The number of hydrogen-bond donors (Lipinski definition) is 0. The first-order valence-corrected chi connectivity index (χ1v) is 7.96. The molecule has 8 nitrogen and oxygen atoms in total. The van der Waals surface area contributed by atoms with Crippen LogP contribution in [0.4, 0.5) is 0 Å². The molecule has 132 valence electrons. The molecule has 0 aliphatic rings. The molecule has 0 saturated carbocycles. The maximum Gasteiger partial charge on any atom is 0.349 e. The van der Waals surface area contributed by atoms with Gasteiger partial charge in [0.25, 0.3) is 0 Å². The highest BCUT2D eigenvalue weighted by Crippen LogP contribution is 2.16. The van der Waals surface area contributed by atoms with Gasteiger partial charge in [-0.25, -0.2) is 9.48 Å². The number of hydrogen-bond acceptors (Lipinski definition) is 7. The van der Waals surface area contributed by atoms with Gasteiger partial charge in [-0.2, -0.15) is 0 Å². The first-order valence-electron chi connectivity index (χ1n) is 7.96. The molecule has 0 spiro atoms. The Labute approximate surface area is 149 Å². The number of carbonyl (C=O) groups is 2. The molecule has 2 aromatic carbocycles. The average molecular weight is 352 g/mol. The lowest BCUT2D eigenvalue weighted by Crippen LogP contribution is -2.17. The van der Waals surface area contributed by atoms with Crippen molar-refractivity contribution >= 4 is 11.8 Å². The lowest BCUT2D eigenvalue weighted by atomic mass is 10.1. The maximum atomic E-state index is 11.9. The molecule has 0 fully saturated rings. The number of ether oxygens (including phenoxy) is 2. The summed E-state index contributed by atoms with van der Waals surface area (Å²) in [5.41, 5.74) is 1.36. The van der Waals surface area contributed by atoms with Gasteiger partial charge in [-0.05, 0) is 59.0 Å². The minimum Gasteiger partial charge on any atom is -0.482 e. The van der Waals surface area contributed by atoms with Crippen LogP contribution in [0.1, 0.15) is 23.7 Å². The second-order valence-corrected chi connectivity index (χ2v) is 5.31. The SMILES string of the molecule is CCC(=O)c1ccc(OCC(=O)Oc2ccc(-n3cnnn3)cc2)cc1. The van der Waals surface area contributed by atoms with Crippen LogP contribution in [-0.4, -0.2) is 38.6 Å². The van der Waals surface area contributed by atoms with E-state index in [1.165, 1.54) is 11.0 Å². The van der Waals surface area contributed by atoms with Gasteiger partial charge in [0, 0.05) is 12.0 Å². The molecule has 1 aromatic heterocycles. The largest absolute Gasteiger partial charge is 0.482 e. The lowest BCUT2D eigenvalue weighted by molar-refractivity contribution is -0.136. The van der Waals surface area contributed by atoms with Crippen LogP contribution in [0.25, 0.3) is 5.69 Å². The predicted octanol–water partition coefficient (Wildman–Crippen LogP) is 2.24. The van der Waals surface area contributed by atoms with Crippen molar-refractivity contribution in [2.24, 2.45) is 0 Å². The second kappa shape index (κ2) is 8.02. The van der Waals surface area contributed by atoms with Crippen molar-refractivity contribution in [1.82, 2.24) is 20.2 Å². The van der Waals surface area contributed by atoms with Crippen molar-refractivity contribution in [3.8, 4) is 17.2 Å². The highest BCUT2D eigenvalue weighted by molar-refractivity contribution is 5.95. The van der Waals surface area contributed by atoms with Crippen LogP contribution in [0.2, 0.25) is 0 Å². The van der Waals surface area contributed by atoms with Crippen molar-refractivity contribution < 1.29 is 19.1 Å². The summed E-state index contributed by atoms with van der Waals surface area (Å²) in [7, 11) is 0. The highest BCUT2D eigenvalue weighted by atomic mass is 16.6. The summed E-state index contributed by atoms with van der Waals surface area (Å²) >= 11 is 0. The fraction of sp³-hybridized carbons (Fsp3) is 0.167. The second-order valence-electron chi connectivity index (χ2n) is 5.31. The third-order valence-electron chi connectivity index (χ3n) is 3.54. The first-order chi connectivity index (χ1) is 12.7. The molecule has 0 atom stereocenters. The van der Waals surface area contributed by atoms with Gasteiger partial charge in [-0.1, -0.05) is 6.92 Å². The van der Waals surface area contributed by atoms with Gasteiger partial charge in [-0.3, -0.25) is 4.79 Å². The van der Waals surface area contributed by atoms with E-state index in [2.05, 4.69) is 15.5 Å². The molecule has 1 heterocycles. The Morgan fingerprint density at radius 2 is 1.69 bits per heavy atom. The lowest BCUT2D eigenvalue weighted by Gasteiger charge is -2.08. The molecule has 0 bridgehead atoms. The minimum atomic E-state index is -0.533. The van der Waals surface area contributed by atoms with E-state index >= 15 is 0 Å². The minimum absolute atomic E-state index is 0.0566. The number of nitrogens with zero attached hydrogens (tertiary/aromatic N) is 4. The van der Waals surface area contributed by atoms with Gasteiger partial charge in [-0.15, -0.1) is 5.10 Å². The molecule has 0 saturated heterocycles. The quantitative estimate of drug-likeness (QED) is 0.365. The topological polar surface area (TPSA) is 96.2 Å². The number of Topliss-reactive ketones (excluding diaryl/α,β-unsaturated/α-hetero) is 1. The molecule has 0 radical (unpaired) electrons. The number of esters is 1. The van der Waals surface area contributed by atoms with Crippen molar-refractivity contribution in [3.05, 3.63) is 60.4 Å². The van der Waals surface area contributed by atoms with E-state index in [1.54, 1.807) is 55.5 Å².